The number of nitrogens with zero attached hydrogens (tertiary/aromatic N) is 2. The van der Waals surface area contributed by atoms with E-state index in [0.717, 1.165) is 64.1 Å². The summed E-state index contributed by atoms with van der Waals surface area (Å²) >= 11 is 0. The van der Waals surface area contributed by atoms with Crippen LogP contribution in [-0.2, 0) is 9.53 Å². The quantitative estimate of drug-likeness (QED) is 0.889. The SMILES string of the molecule is Nc1ccc(N[C@H]2CCCN(C(=O)C3CCOCC3)CC2)cn1. The van der Waals surface area contributed by atoms with Gasteiger partial charge in [-0.05, 0) is 44.2 Å². The Morgan fingerprint density at radius 3 is 2.78 bits per heavy atom. The highest BCUT2D eigenvalue weighted by Crippen LogP contribution is 2.22. The van der Waals surface area contributed by atoms with Gasteiger partial charge in [0, 0.05) is 38.3 Å². The number of likely N-dealkylation sites (tertiary alicyclic amines) is 1. The first kappa shape index (κ1) is 16.1. The van der Waals surface area contributed by atoms with Crippen molar-refractivity contribution in [3.05, 3.63) is 18.3 Å². The molecule has 6 nitrogen and oxygen atoms in total. The van der Waals surface area contributed by atoms with Crippen molar-refractivity contribution in [2.45, 2.75) is 38.1 Å². The van der Waals surface area contributed by atoms with Gasteiger partial charge in [0.1, 0.15) is 5.82 Å². The van der Waals surface area contributed by atoms with Gasteiger partial charge in [0.2, 0.25) is 5.91 Å². The zero-order valence-corrected chi connectivity index (χ0v) is 13.5. The predicted octanol–water partition coefficient (Wildman–Crippen LogP) is 1.88. The van der Waals surface area contributed by atoms with Crippen LogP contribution >= 0.6 is 0 Å². The molecule has 2 aliphatic rings. The highest BCUT2D eigenvalue weighted by Gasteiger charge is 2.28. The second-order valence-corrected chi connectivity index (χ2v) is 6.46. The lowest BCUT2D eigenvalue weighted by atomic mass is 9.98. The summed E-state index contributed by atoms with van der Waals surface area (Å²) in [4.78, 5) is 18.8. The number of pyridine rings is 1. The van der Waals surface area contributed by atoms with Gasteiger partial charge in [-0.25, -0.2) is 4.98 Å². The monoisotopic (exact) mass is 318 g/mol. The van der Waals surface area contributed by atoms with Crippen LogP contribution in [0.15, 0.2) is 18.3 Å². The molecular formula is C17H26N4O2. The van der Waals surface area contributed by atoms with Gasteiger partial charge in [-0.3, -0.25) is 4.79 Å². The molecule has 0 spiro atoms. The molecule has 3 heterocycles. The summed E-state index contributed by atoms with van der Waals surface area (Å²) < 4.78 is 5.36. The molecule has 2 fully saturated rings. The Labute approximate surface area is 137 Å². The number of anilines is 2. The number of hydrogen-bond donors (Lipinski definition) is 2. The largest absolute Gasteiger partial charge is 0.384 e. The zero-order chi connectivity index (χ0) is 16.1. The van der Waals surface area contributed by atoms with Crippen molar-refractivity contribution in [3.63, 3.8) is 0 Å². The summed E-state index contributed by atoms with van der Waals surface area (Å²) in [6.07, 6.45) is 6.59. The summed E-state index contributed by atoms with van der Waals surface area (Å²) in [6.45, 7) is 3.14. The molecule has 1 atom stereocenters. The number of aromatic nitrogens is 1. The van der Waals surface area contributed by atoms with Crippen molar-refractivity contribution in [1.82, 2.24) is 9.88 Å². The van der Waals surface area contributed by atoms with Gasteiger partial charge in [0.05, 0.1) is 11.9 Å². The van der Waals surface area contributed by atoms with Crippen molar-refractivity contribution in [2.24, 2.45) is 5.92 Å². The third-order valence-corrected chi connectivity index (χ3v) is 4.77. The Kier molecular flexibility index (Phi) is 5.33. The maximum Gasteiger partial charge on any atom is 0.225 e. The second-order valence-electron chi connectivity index (χ2n) is 6.46. The summed E-state index contributed by atoms with van der Waals surface area (Å²) in [7, 11) is 0. The molecule has 0 aliphatic carbocycles. The molecule has 3 rings (SSSR count). The van der Waals surface area contributed by atoms with E-state index in [0.29, 0.717) is 17.8 Å². The van der Waals surface area contributed by atoms with Crippen molar-refractivity contribution >= 4 is 17.4 Å². The van der Waals surface area contributed by atoms with Crippen LogP contribution in [0.1, 0.15) is 32.1 Å². The van der Waals surface area contributed by atoms with Gasteiger partial charge in [0.15, 0.2) is 0 Å². The van der Waals surface area contributed by atoms with E-state index >= 15 is 0 Å². The van der Waals surface area contributed by atoms with Gasteiger partial charge >= 0.3 is 0 Å². The lowest BCUT2D eigenvalue weighted by Crippen LogP contribution is -2.39. The summed E-state index contributed by atoms with van der Waals surface area (Å²) in [5.41, 5.74) is 6.61. The third kappa shape index (κ3) is 4.34. The van der Waals surface area contributed by atoms with E-state index in [2.05, 4.69) is 15.2 Å². The zero-order valence-electron chi connectivity index (χ0n) is 13.5. The van der Waals surface area contributed by atoms with Gasteiger partial charge in [-0.2, -0.15) is 0 Å². The van der Waals surface area contributed by atoms with Crippen LogP contribution in [0.25, 0.3) is 0 Å². The molecule has 0 unspecified atom stereocenters. The summed E-state index contributed by atoms with van der Waals surface area (Å²) in [5, 5.41) is 3.51. The van der Waals surface area contributed by atoms with E-state index in [1.165, 1.54) is 0 Å². The maximum atomic E-state index is 12.6. The predicted molar refractivity (Wildman–Crippen MR) is 90.0 cm³/mol. The van der Waals surface area contributed by atoms with Crippen LogP contribution in [0.4, 0.5) is 11.5 Å². The number of carbonyl (C=O) groups is 1. The first-order valence-electron chi connectivity index (χ1n) is 8.57. The van der Waals surface area contributed by atoms with E-state index in [1.807, 2.05) is 6.07 Å². The molecule has 126 valence electrons. The van der Waals surface area contributed by atoms with Crippen molar-refractivity contribution < 1.29 is 9.53 Å². The number of rotatable bonds is 3. The van der Waals surface area contributed by atoms with Gasteiger partial charge in [0.25, 0.3) is 0 Å². The van der Waals surface area contributed by atoms with Crippen LogP contribution in [0.3, 0.4) is 0 Å². The molecule has 0 aromatic carbocycles. The van der Waals surface area contributed by atoms with Crippen molar-refractivity contribution in [3.8, 4) is 0 Å². The lowest BCUT2D eigenvalue weighted by molar-refractivity contribution is -0.138. The Morgan fingerprint density at radius 2 is 2.04 bits per heavy atom. The minimum atomic E-state index is 0.162. The molecular weight excluding hydrogens is 292 g/mol. The third-order valence-electron chi connectivity index (χ3n) is 4.77. The molecule has 1 amide bonds. The van der Waals surface area contributed by atoms with E-state index in [-0.39, 0.29) is 5.92 Å². The average molecular weight is 318 g/mol. The molecule has 3 N–H and O–H groups in total. The summed E-state index contributed by atoms with van der Waals surface area (Å²) in [5.74, 6) is 1.02. The van der Waals surface area contributed by atoms with Gasteiger partial charge in [-0.1, -0.05) is 0 Å². The molecule has 2 aliphatic heterocycles. The Bertz CT molecular complexity index is 514. The molecule has 0 saturated carbocycles. The van der Waals surface area contributed by atoms with Crippen LogP contribution < -0.4 is 11.1 Å². The first-order chi connectivity index (χ1) is 11.2. The van der Waals surface area contributed by atoms with E-state index in [1.54, 1.807) is 12.3 Å². The Morgan fingerprint density at radius 1 is 1.22 bits per heavy atom. The second kappa shape index (κ2) is 7.64. The van der Waals surface area contributed by atoms with E-state index in [9.17, 15) is 4.79 Å². The fraction of sp³-hybridized carbons (Fsp3) is 0.647. The highest BCUT2D eigenvalue weighted by atomic mass is 16.5. The maximum absolute atomic E-state index is 12.6. The van der Waals surface area contributed by atoms with Crippen LogP contribution in [0.2, 0.25) is 0 Å². The van der Waals surface area contributed by atoms with Crippen LogP contribution in [0.5, 0.6) is 0 Å². The molecule has 0 radical (unpaired) electrons. The molecule has 1 aromatic heterocycles. The van der Waals surface area contributed by atoms with Crippen molar-refractivity contribution in [1.29, 1.82) is 0 Å². The Balaban J connectivity index is 1.52. The number of hydrogen-bond acceptors (Lipinski definition) is 5. The normalized spacial score (nSPS) is 23.3. The van der Waals surface area contributed by atoms with E-state index in [4.69, 9.17) is 10.5 Å². The standard InChI is InChI=1S/C17H26N4O2/c18-16-4-3-15(12-19-16)20-14-2-1-8-21(9-5-14)17(22)13-6-10-23-11-7-13/h3-4,12-14,20H,1-2,5-11H2,(H2,18,19)/t14-/m0/s1. The first-order valence-corrected chi connectivity index (χ1v) is 8.57. The fourth-order valence-corrected chi connectivity index (χ4v) is 3.39. The highest BCUT2D eigenvalue weighted by molar-refractivity contribution is 5.79. The number of ether oxygens (including phenoxy) is 1. The van der Waals surface area contributed by atoms with Gasteiger partial charge in [-0.15, -0.1) is 0 Å². The van der Waals surface area contributed by atoms with Crippen LogP contribution in [-0.4, -0.2) is 48.1 Å². The average Bonchev–Trinajstić information content (AvgIpc) is 2.83. The number of amides is 1. The van der Waals surface area contributed by atoms with Crippen LogP contribution in [0, 0.1) is 5.92 Å². The minimum absolute atomic E-state index is 0.162. The number of carbonyl (C=O) groups excluding carboxylic acids is 1. The number of nitrogens with two attached hydrogens (primary N) is 1. The minimum Gasteiger partial charge on any atom is -0.384 e. The summed E-state index contributed by atoms with van der Waals surface area (Å²) in [6, 6.07) is 4.14. The molecule has 1 aromatic rings. The number of nitrogen functional groups attached to an aromatic ring is 1. The molecule has 0 bridgehead atoms. The molecule has 6 heteroatoms. The van der Waals surface area contributed by atoms with Gasteiger partial charge < -0.3 is 20.7 Å². The smallest absolute Gasteiger partial charge is 0.225 e. The Hall–Kier alpha value is -1.82. The molecule has 2 saturated heterocycles. The van der Waals surface area contributed by atoms with E-state index < -0.39 is 0 Å². The van der Waals surface area contributed by atoms with Crippen molar-refractivity contribution in [2.75, 3.05) is 37.4 Å². The number of nitrogens with one attached hydrogen (secondary N) is 1. The lowest BCUT2D eigenvalue weighted by Gasteiger charge is -2.28. The topological polar surface area (TPSA) is 80.5 Å². The fourth-order valence-electron chi connectivity index (χ4n) is 3.39. The molecule has 23 heavy (non-hydrogen) atoms.